The molecular weight excluding hydrogens is 342 g/mol. The summed E-state index contributed by atoms with van der Waals surface area (Å²) in [6.45, 7) is 4.33. The highest BCUT2D eigenvalue weighted by atomic mass is 16.5. The topological polar surface area (TPSA) is 62.7 Å². The fourth-order valence-corrected chi connectivity index (χ4v) is 4.87. The molecule has 3 fully saturated rings. The summed E-state index contributed by atoms with van der Waals surface area (Å²) in [5.41, 5.74) is 0.968. The molecule has 6 heteroatoms. The van der Waals surface area contributed by atoms with Crippen molar-refractivity contribution in [3.63, 3.8) is 0 Å². The maximum absolute atomic E-state index is 13.0. The van der Waals surface area contributed by atoms with Crippen LogP contribution < -0.4 is 0 Å². The Morgan fingerprint density at radius 1 is 1.22 bits per heavy atom. The number of amides is 2. The summed E-state index contributed by atoms with van der Waals surface area (Å²) in [5.74, 6) is 0.619. The third-order valence-electron chi connectivity index (χ3n) is 6.37. The Labute approximate surface area is 160 Å². The van der Waals surface area contributed by atoms with Gasteiger partial charge in [-0.3, -0.25) is 14.6 Å². The molecular formula is C21H29N3O3. The van der Waals surface area contributed by atoms with Crippen LogP contribution in [0.4, 0.5) is 0 Å². The number of aromatic nitrogens is 1. The zero-order valence-electron chi connectivity index (χ0n) is 15.9. The van der Waals surface area contributed by atoms with E-state index in [0.717, 1.165) is 57.4 Å². The Kier molecular flexibility index (Phi) is 5.43. The monoisotopic (exact) mass is 371 g/mol. The van der Waals surface area contributed by atoms with Gasteiger partial charge in [-0.1, -0.05) is 6.07 Å². The first-order valence-electron chi connectivity index (χ1n) is 10.2. The zero-order chi connectivity index (χ0) is 18.7. The van der Waals surface area contributed by atoms with Crippen molar-refractivity contribution in [3.05, 3.63) is 30.1 Å². The van der Waals surface area contributed by atoms with Gasteiger partial charge in [-0.05, 0) is 44.2 Å². The summed E-state index contributed by atoms with van der Waals surface area (Å²) in [7, 11) is 0. The van der Waals surface area contributed by atoms with E-state index in [-0.39, 0.29) is 17.2 Å². The van der Waals surface area contributed by atoms with Crippen LogP contribution >= 0.6 is 0 Å². The molecule has 4 rings (SSSR count). The summed E-state index contributed by atoms with van der Waals surface area (Å²) in [4.78, 5) is 33.9. The Hall–Kier alpha value is -1.95. The highest BCUT2D eigenvalue weighted by molar-refractivity contribution is 5.79. The van der Waals surface area contributed by atoms with E-state index in [1.807, 2.05) is 23.1 Å². The second-order valence-corrected chi connectivity index (χ2v) is 8.32. The second-order valence-electron chi connectivity index (χ2n) is 8.32. The molecule has 146 valence electrons. The predicted octanol–water partition coefficient (Wildman–Crippen LogP) is 2.24. The number of piperidine rings is 2. The van der Waals surface area contributed by atoms with Crippen LogP contribution in [0.1, 0.15) is 44.2 Å². The van der Waals surface area contributed by atoms with Crippen molar-refractivity contribution in [1.82, 2.24) is 14.8 Å². The molecule has 3 aliphatic rings. The molecule has 3 aliphatic heterocycles. The molecule has 0 N–H and O–H groups in total. The lowest BCUT2D eigenvalue weighted by Crippen LogP contribution is -2.55. The molecule has 0 saturated carbocycles. The summed E-state index contributed by atoms with van der Waals surface area (Å²) in [5, 5.41) is 0. The Morgan fingerprint density at radius 2 is 2.07 bits per heavy atom. The number of hydrogen-bond donors (Lipinski definition) is 0. The number of carbonyl (C=O) groups is 2. The SMILES string of the molecule is O=C1CC[C@@]2(CCCN(C(=O)C3CCOCC3)C2)CN1Cc1ccccn1. The normalized spacial score (nSPS) is 27.2. The maximum Gasteiger partial charge on any atom is 0.225 e. The standard InChI is InChI=1S/C21H29N3O3/c25-19-5-9-21(16-24(19)14-18-4-1-2-10-22-18)8-3-11-23(15-21)20(26)17-6-12-27-13-7-17/h1-2,4,10,17H,3,5-9,11-16H2/t21-/m1/s1. The van der Waals surface area contributed by atoms with E-state index in [2.05, 4.69) is 9.88 Å². The Balaban J connectivity index is 1.43. The molecule has 0 unspecified atom stereocenters. The van der Waals surface area contributed by atoms with Gasteiger partial charge in [-0.2, -0.15) is 0 Å². The van der Waals surface area contributed by atoms with Gasteiger partial charge in [-0.25, -0.2) is 0 Å². The van der Waals surface area contributed by atoms with Crippen LogP contribution in [0.2, 0.25) is 0 Å². The number of nitrogens with zero attached hydrogens (tertiary/aromatic N) is 3. The average molecular weight is 371 g/mol. The molecule has 3 saturated heterocycles. The minimum absolute atomic E-state index is 0.0434. The molecule has 6 nitrogen and oxygen atoms in total. The third kappa shape index (κ3) is 4.15. The van der Waals surface area contributed by atoms with Crippen LogP contribution in [0.5, 0.6) is 0 Å². The number of pyridine rings is 1. The Morgan fingerprint density at radius 3 is 2.85 bits per heavy atom. The first-order valence-corrected chi connectivity index (χ1v) is 10.2. The highest BCUT2D eigenvalue weighted by Gasteiger charge is 2.43. The minimum atomic E-state index is 0.0434. The third-order valence-corrected chi connectivity index (χ3v) is 6.37. The van der Waals surface area contributed by atoms with Crippen LogP contribution in [-0.2, 0) is 20.9 Å². The van der Waals surface area contributed by atoms with Crippen molar-refractivity contribution in [2.75, 3.05) is 32.8 Å². The van der Waals surface area contributed by atoms with E-state index in [1.54, 1.807) is 6.20 Å². The maximum atomic E-state index is 13.0. The Bertz CT molecular complexity index is 675. The average Bonchev–Trinajstić information content (AvgIpc) is 2.72. The van der Waals surface area contributed by atoms with E-state index in [4.69, 9.17) is 4.74 Å². The van der Waals surface area contributed by atoms with E-state index in [9.17, 15) is 9.59 Å². The second kappa shape index (κ2) is 7.97. The van der Waals surface area contributed by atoms with Crippen molar-refractivity contribution in [1.29, 1.82) is 0 Å². The molecule has 1 atom stereocenters. The first-order chi connectivity index (χ1) is 13.2. The minimum Gasteiger partial charge on any atom is -0.381 e. The summed E-state index contributed by atoms with van der Waals surface area (Å²) in [6, 6.07) is 5.82. The van der Waals surface area contributed by atoms with Gasteiger partial charge in [-0.15, -0.1) is 0 Å². The molecule has 1 aromatic heterocycles. The number of rotatable bonds is 3. The summed E-state index contributed by atoms with van der Waals surface area (Å²) >= 11 is 0. The molecule has 4 heterocycles. The van der Waals surface area contributed by atoms with E-state index >= 15 is 0 Å². The molecule has 1 aromatic rings. The number of hydrogen-bond acceptors (Lipinski definition) is 4. The van der Waals surface area contributed by atoms with Gasteiger partial charge in [0.2, 0.25) is 11.8 Å². The molecule has 0 radical (unpaired) electrons. The molecule has 0 aromatic carbocycles. The molecule has 0 aliphatic carbocycles. The van der Waals surface area contributed by atoms with Crippen LogP contribution in [0.25, 0.3) is 0 Å². The number of carbonyl (C=O) groups excluding carboxylic acids is 2. The molecule has 0 bridgehead atoms. The van der Waals surface area contributed by atoms with Gasteiger partial charge >= 0.3 is 0 Å². The van der Waals surface area contributed by atoms with Crippen molar-refractivity contribution in [2.24, 2.45) is 11.3 Å². The van der Waals surface area contributed by atoms with Crippen LogP contribution in [0, 0.1) is 11.3 Å². The lowest BCUT2D eigenvalue weighted by Gasteiger charge is -2.48. The number of likely N-dealkylation sites (tertiary alicyclic amines) is 2. The van der Waals surface area contributed by atoms with Gasteiger partial charge in [0.05, 0.1) is 12.2 Å². The van der Waals surface area contributed by atoms with Crippen LogP contribution in [-0.4, -0.2) is 59.4 Å². The fourth-order valence-electron chi connectivity index (χ4n) is 4.87. The van der Waals surface area contributed by atoms with Gasteiger partial charge in [0.15, 0.2) is 0 Å². The smallest absolute Gasteiger partial charge is 0.225 e. The highest BCUT2D eigenvalue weighted by Crippen LogP contribution is 2.40. The van der Waals surface area contributed by atoms with Gasteiger partial charge in [0.1, 0.15) is 0 Å². The van der Waals surface area contributed by atoms with E-state index in [1.165, 1.54) is 0 Å². The molecule has 27 heavy (non-hydrogen) atoms. The van der Waals surface area contributed by atoms with Gasteiger partial charge in [0, 0.05) is 56.8 Å². The van der Waals surface area contributed by atoms with Crippen molar-refractivity contribution < 1.29 is 14.3 Å². The first kappa shape index (κ1) is 18.4. The van der Waals surface area contributed by atoms with Gasteiger partial charge < -0.3 is 14.5 Å². The van der Waals surface area contributed by atoms with Crippen LogP contribution in [0.3, 0.4) is 0 Å². The van der Waals surface area contributed by atoms with Crippen LogP contribution in [0.15, 0.2) is 24.4 Å². The van der Waals surface area contributed by atoms with E-state index < -0.39 is 0 Å². The predicted molar refractivity (Wildman–Crippen MR) is 101 cm³/mol. The summed E-state index contributed by atoms with van der Waals surface area (Å²) in [6.07, 6.45) is 7.04. The largest absolute Gasteiger partial charge is 0.381 e. The fraction of sp³-hybridized carbons (Fsp3) is 0.667. The number of ether oxygens (including phenoxy) is 1. The van der Waals surface area contributed by atoms with Crippen molar-refractivity contribution >= 4 is 11.8 Å². The van der Waals surface area contributed by atoms with E-state index in [0.29, 0.717) is 32.1 Å². The zero-order valence-corrected chi connectivity index (χ0v) is 15.9. The summed E-state index contributed by atoms with van der Waals surface area (Å²) < 4.78 is 5.41. The lowest BCUT2D eigenvalue weighted by molar-refractivity contribution is -0.147. The lowest BCUT2D eigenvalue weighted by atomic mass is 9.73. The molecule has 2 amide bonds. The van der Waals surface area contributed by atoms with Crippen molar-refractivity contribution in [2.45, 2.75) is 45.1 Å². The quantitative estimate of drug-likeness (QED) is 0.817. The molecule has 1 spiro atoms. The van der Waals surface area contributed by atoms with Crippen molar-refractivity contribution in [3.8, 4) is 0 Å². The van der Waals surface area contributed by atoms with Gasteiger partial charge in [0.25, 0.3) is 0 Å².